The van der Waals surface area contributed by atoms with Crippen molar-refractivity contribution >= 4 is 23.2 Å². The molecular formula is C21H23N3O3S. The number of pyridine rings is 1. The highest BCUT2D eigenvalue weighted by Gasteiger charge is 2.58. The van der Waals surface area contributed by atoms with Gasteiger partial charge in [-0.25, -0.2) is 0 Å². The van der Waals surface area contributed by atoms with Crippen LogP contribution in [0.5, 0.6) is 0 Å². The van der Waals surface area contributed by atoms with Crippen LogP contribution in [-0.4, -0.2) is 58.4 Å². The van der Waals surface area contributed by atoms with Gasteiger partial charge < -0.3 is 14.5 Å². The first kappa shape index (κ1) is 17.8. The highest BCUT2D eigenvalue weighted by atomic mass is 32.1. The molecule has 3 aliphatic rings. The van der Waals surface area contributed by atoms with Gasteiger partial charge in [0.25, 0.3) is 5.91 Å². The van der Waals surface area contributed by atoms with Crippen LogP contribution in [-0.2, 0) is 20.9 Å². The van der Waals surface area contributed by atoms with Gasteiger partial charge in [-0.3, -0.25) is 14.6 Å². The molecule has 0 aromatic carbocycles. The van der Waals surface area contributed by atoms with Gasteiger partial charge in [-0.2, -0.15) is 11.3 Å². The van der Waals surface area contributed by atoms with Crippen LogP contribution in [0, 0.1) is 5.92 Å². The number of ether oxygens (including phenoxy) is 1. The average molecular weight is 398 g/mol. The lowest BCUT2D eigenvalue weighted by molar-refractivity contribution is -0.173. The van der Waals surface area contributed by atoms with Crippen LogP contribution in [0.3, 0.4) is 0 Å². The predicted octanol–water partition coefficient (Wildman–Crippen LogP) is 2.28. The van der Waals surface area contributed by atoms with Crippen LogP contribution < -0.4 is 0 Å². The molecule has 0 N–H and O–H groups in total. The molecule has 7 heteroatoms. The van der Waals surface area contributed by atoms with Crippen LogP contribution in [0.4, 0.5) is 0 Å². The zero-order valence-electron chi connectivity index (χ0n) is 15.6. The first-order chi connectivity index (χ1) is 13.7. The Morgan fingerprint density at radius 1 is 1.36 bits per heavy atom. The summed E-state index contributed by atoms with van der Waals surface area (Å²) < 4.78 is 6.23. The monoisotopic (exact) mass is 397 g/mol. The fourth-order valence-corrected chi connectivity index (χ4v) is 5.08. The molecular weight excluding hydrogens is 374 g/mol. The van der Waals surface area contributed by atoms with Crippen LogP contribution in [0.15, 0.2) is 41.4 Å². The Kier molecular flexibility index (Phi) is 4.44. The lowest BCUT2D eigenvalue weighted by Crippen LogP contribution is -2.60. The molecule has 3 fully saturated rings. The van der Waals surface area contributed by atoms with Gasteiger partial charge in [0.15, 0.2) is 5.60 Å². The van der Waals surface area contributed by atoms with Gasteiger partial charge in [-0.15, -0.1) is 0 Å². The van der Waals surface area contributed by atoms with E-state index in [4.69, 9.17) is 4.74 Å². The van der Waals surface area contributed by atoms with Crippen molar-refractivity contribution in [2.45, 2.75) is 30.9 Å². The van der Waals surface area contributed by atoms with Gasteiger partial charge in [0.1, 0.15) is 0 Å². The second-order valence-corrected chi connectivity index (χ2v) is 8.71. The van der Waals surface area contributed by atoms with Gasteiger partial charge in [0.2, 0.25) is 5.91 Å². The molecule has 2 aromatic rings. The summed E-state index contributed by atoms with van der Waals surface area (Å²) in [6.45, 7) is 2.49. The van der Waals surface area contributed by atoms with Crippen molar-refractivity contribution < 1.29 is 14.3 Å². The topological polar surface area (TPSA) is 62.7 Å². The van der Waals surface area contributed by atoms with Crippen LogP contribution in [0.1, 0.15) is 29.9 Å². The number of rotatable bonds is 4. The van der Waals surface area contributed by atoms with E-state index in [9.17, 15) is 9.59 Å². The van der Waals surface area contributed by atoms with E-state index in [1.165, 1.54) is 0 Å². The first-order valence-electron chi connectivity index (χ1n) is 9.80. The minimum absolute atomic E-state index is 0.00935. The SMILES string of the molecule is O=C(C1CC1)N1C[C@H](c2cccnc2)[C@]2(C1)OCCN(Cc1ccsc1)C2=O. The van der Waals surface area contributed by atoms with E-state index in [2.05, 4.69) is 16.4 Å². The Labute approximate surface area is 168 Å². The third-order valence-corrected chi connectivity index (χ3v) is 6.77. The lowest BCUT2D eigenvalue weighted by Gasteiger charge is -2.42. The molecule has 1 aliphatic carbocycles. The molecule has 2 atom stereocenters. The zero-order valence-corrected chi connectivity index (χ0v) is 16.4. The number of carbonyl (C=O) groups is 2. The maximum atomic E-state index is 13.7. The van der Waals surface area contributed by atoms with Crippen molar-refractivity contribution in [2.24, 2.45) is 5.92 Å². The van der Waals surface area contributed by atoms with Crippen molar-refractivity contribution in [1.82, 2.24) is 14.8 Å². The number of nitrogens with zero attached hydrogens (tertiary/aromatic N) is 3. The highest BCUT2D eigenvalue weighted by molar-refractivity contribution is 7.07. The van der Waals surface area contributed by atoms with E-state index in [-0.39, 0.29) is 23.7 Å². The molecule has 1 spiro atoms. The number of carbonyl (C=O) groups excluding carboxylic acids is 2. The largest absolute Gasteiger partial charge is 0.361 e. The van der Waals surface area contributed by atoms with Crippen molar-refractivity contribution in [3.8, 4) is 0 Å². The van der Waals surface area contributed by atoms with Gasteiger partial charge in [0, 0.05) is 43.9 Å². The third kappa shape index (κ3) is 3.02. The Hall–Kier alpha value is -2.25. The summed E-state index contributed by atoms with van der Waals surface area (Å²) in [4.78, 5) is 34.4. The second-order valence-electron chi connectivity index (χ2n) is 7.93. The molecule has 6 nitrogen and oxygen atoms in total. The van der Waals surface area contributed by atoms with Crippen molar-refractivity contribution in [1.29, 1.82) is 0 Å². The lowest BCUT2D eigenvalue weighted by atomic mass is 9.83. The van der Waals surface area contributed by atoms with Crippen LogP contribution >= 0.6 is 11.3 Å². The molecule has 0 unspecified atom stereocenters. The van der Waals surface area contributed by atoms with E-state index in [1.807, 2.05) is 27.3 Å². The van der Waals surface area contributed by atoms with Crippen molar-refractivity contribution in [3.05, 3.63) is 52.5 Å². The molecule has 5 rings (SSSR count). The van der Waals surface area contributed by atoms with Crippen LogP contribution in [0.2, 0.25) is 0 Å². The minimum Gasteiger partial charge on any atom is -0.361 e. The molecule has 4 heterocycles. The van der Waals surface area contributed by atoms with E-state index < -0.39 is 5.60 Å². The van der Waals surface area contributed by atoms with Crippen molar-refractivity contribution in [2.75, 3.05) is 26.2 Å². The Morgan fingerprint density at radius 3 is 2.96 bits per heavy atom. The molecule has 0 radical (unpaired) electrons. The maximum absolute atomic E-state index is 13.7. The summed E-state index contributed by atoms with van der Waals surface area (Å²) in [5, 5.41) is 4.10. The number of aromatic nitrogens is 1. The summed E-state index contributed by atoms with van der Waals surface area (Å²) >= 11 is 1.63. The molecule has 0 bridgehead atoms. The summed E-state index contributed by atoms with van der Waals surface area (Å²) in [5.74, 6) is 0.0917. The summed E-state index contributed by atoms with van der Waals surface area (Å²) in [7, 11) is 0. The Bertz CT molecular complexity index is 868. The molecule has 2 amide bonds. The van der Waals surface area contributed by atoms with Crippen molar-refractivity contribution in [3.63, 3.8) is 0 Å². The van der Waals surface area contributed by atoms with E-state index in [0.29, 0.717) is 32.8 Å². The molecule has 2 aromatic heterocycles. The second kappa shape index (κ2) is 6.97. The standard InChI is InChI=1S/C21H23N3O3S/c25-19(16-3-4-16)24-12-18(17-2-1-6-22-10-17)21(14-24)20(26)23(7-8-27-21)11-15-5-9-28-13-15/h1-2,5-6,9-10,13,16,18H,3-4,7-8,11-12,14H2/t18-,21+/m1/s1. The van der Waals surface area contributed by atoms with E-state index >= 15 is 0 Å². The molecule has 1 saturated carbocycles. The maximum Gasteiger partial charge on any atom is 0.257 e. The van der Waals surface area contributed by atoms with E-state index in [1.54, 1.807) is 23.7 Å². The quantitative estimate of drug-likeness (QED) is 0.794. The fourth-order valence-electron chi connectivity index (χ4n) is 4.42. The van der Waals surface area contributed by atoms with Crippen LogP contribution in [0.25, 0.3) is 0 Å². The number of likely N-dealkylation sites (tertiary alicyclic amines) is 1. The third-order valence-electron chi connectivity index (χ3n) is 6.04. The number of amides is 2. The number of hydrogen-bond donors (Lipinski definition) is 0. The number of morpholine rings is 1. The van der Waals surface area contributed by atoms with Gasteiger partial charge in [-0.05, 0) is 46.9 Å². The Morgan fingerprint density at radius 2 is 2.25 bits per heavy atom. The summed E-state index contributed by atoms with van der Waals surface area (Å²) in [6.07, 6.45) is 5.44. The smallest absolute Gasteiger partial charge is 0.257 e. The predicted molar refractivity (Wildman–Crippen MR) is 105 cm³/mol. The molecule has 28 heavy (non-hydrogen) atoms. The number of hydrogen-bond acceptors (Lipinski definition) is 5. The van der Waals surface area contributed by atoms with Gasteiger partial charge in [0.05, 0.1) is 13.2 Å². The average Bonchev–Trinajstić information content (AvgIpc) is 3.31. The fraction of sp³-hybridized carbons (Fsp3) is 0.476. The van der Waals surface area contributed by atoms with Gasteiger partial charge >= 0.3 is 0 Å². The normalized spacial score (nSPS) is 27.6. The molecule has 146 valence electrons. The molecule has 2 aliphatic heterocycles. The highest BCUT2D eigenvalue weighted by Crippen LogP contribution is 2.44. The van der Waals surface area contributed by atoms with E-state index in [0.717, 1.165) is 24.0 Å². The zero-order chi connectivity index (χ0) is 19.1. The Balaban J connectivity index is 1.47. The first-order valence-corrected chi connectivity index (χ1v) is 10.7. The summed E-state index contributed by atoms with van der Waals surface area (Å²) in [5.41, 5.74) is 1.08. The van der Waals surface area contributed by atoms with Gasteiger partial charge in [-0.1, -0.05) is 6.07 Å². The minimum atomic E-state index is -1.01. The summed E-state index contributed by atoms with van der Waals surface area (Å²) in [6, 6.07) is 5.92. The number of thiophene rings is 1. The molecule has 2 saturated heterocycles.